The van der Waals surface area contributed by atoms with Crippen LogP contribution in [0.4, 0.5) is 0 Å². The molecule has 0 spiro atoms. The summed E-state index contributed by atoms with van der Waals surface area (Å²) in [5.41, 5.74) is 1.33. The Hall–Kier alpha value is -4.06. The summed E-state index contributed by atoms with van der Waals surface area (Å²) >= 11 is 1.21. The number of primary sulfonamides is 1. The van der Waals surface area contributed by atoms with Gasteiger partial charge in [-0.3, -0.25) is 4.79 Å². The molecule has 0 saturated carbocycles. The highest BCUT2D eigenvalue weighted by molar-refractivity contribution is 7.89. The number of nitrogens with two attached hydrogens (primary N) is 1. The molecule has 35 heavy (non-hydrogen) atoms. The molecule has 0 bridgehead atoms. The van der Waals surface area contributed by atoms with Crippen LogP contribution in [0.3, 0.4) is 0 Å². The third kappa shape index (κ3) is 4.78. The molecule has 0 saturated heterocycles. The predicted molar refractivity (Wildman–Crippen MR) is 133 cm³/mol. The topological polar surface area (TPSA) is 130 Å². The van der Waals surface area contributed by atoms with Crippen LogP contribution in [0.25, 0.3) is 34.5 Å². The Bertz CT molecular complexity index is 1760. The highest BCUT2D eigenvalue weighted by Gasteiger charge is 2.11. The first-order chi connectivity index (χ1) is 16.8. The lowest BCUT2D eigenvalue weighted by Gasteiger charge is -2.00. The Labute approximate surface area is 203 Å². The minimum absolute atomic E-state index is 0.0169. The van der Waals surface area contributed by atoms with E-state index >= 15 is 0 Å². The molecule has 0 fully saturated rings. The van der Waals surface area contributed by atoms with E-state index in [9.17, 15) is 13.2 Å². The summed E-state index contributed by atoms with van der Waals surface area (Å²) in [4.78, 5) is 17.7. The fourth-order valence-corrected chi connectivity index (χ4v) is 4.74. The van der Waals surface area contributed by atoms with Gasteiger partial charge in [0.05, 0.1) is 12.0 Å². The summed E-state index contributed by atoms with van der Waals surface area (Å²) in [6.07, 6.45) is 5.22. The first-order valence-corrected chi connectivity index (χ1v) is 12.6. The number of thiazole rings is 1. The molecule has 0 radical (unpaired) electrons. The number of aromatic nitrogens is 3. The van der Waals surface area contributed by atoms with E-state index < -0.39 is 10.0 Å². The predicted octanol–water partition coefficient (Wildman–Crippen LogP) is 2.79. The summed E-state index contributed by atoms with van der Waals surface area (Å²) in [7, 11) is -2.15. The van der Waals surface area contributed by atoms with Crippen molar-refractivity contribution in [3.63, 3.8) is 0 Å². The Morgan fingerprint density at radius 2 is 1.77 bits per heavy atom. The summed E-state index contributed by atoms with van der Waals surface area (Å²) in [6, 6.07) is 17.0. The van der Waals surface area contributed by atoms with Crippen LogP contribution in [0.15, 0.2) is 74.8 Å². The molecule has 2 aromatic carbocycles. The number of nitrogens with zero attached hydrogens (tertiary/aromatic N) is 3. The lowest BCUT2D eigenvalue weighted by molar-refractivity contribution is 0.415. The van der Waals surface area contributed by atoms with Gasteiger partial charge in [-0.05, 0) is 60.2 Å². The molecule has 0 unspecified atom stereocenters. The monoisotopic (exact) mass is 506 g/mol. The van der Waals surface area contributed by atoms with E-state index in [4.69, 9.17) is 14.3 Å². The average Bonchev–Trinajstić information content (AvgIpc) is 3.55. The van der Waals surface area contributed by atoms with Gasteiger partial charge < -0.3 is 9.15 Å². The number of fused-ring (bicyclic) bond motifs is 1. The number of methoxy groups -OCH3 is 1. The molecule has 0 amide bonds. The third-order valence-corrected chi connectivity index (χ3v) is 6.99. The van der Waals surface area contributed by atoms with Crippen LogP contribution >= 0.6 is 11.3 Å². The SMILES string of the molecule is COc1ccc(C=Cc2nc3sc(=Cc4ccc(-c5ccc(S(N)(=O)=O)cc5)o4)c(=O)n3n2)cc1. The van der Waals surface area contributed by atoms with Crippen LogP contribution in [0.1, 0.15) is 17.1 Å². The van der Waals surface area contributed by atoms with Crippen molar-refractivity contribution in [1.82, 2.24) is 14.6 Å². The number of benzene rings is 2. The molecule has 9 nitrogen and oxygen atoms in total. The largest absolute Gasteiger partial charge is 0.497 e. The van der Waals surface area contributed by atoms with E-state index in [1.807, 2.05) is 30.3 Å². The van der Waals surface area contributed by atoms with E-state index in [1.165, 1.54) is 28.0 Å². The van der Waals surface area contributed by atoms with Crippen molar-refractivity contribution in [2.75, 3.05) is 7.11 Å². The normalized spacial score (nSPS) is 12.7. The zero-order chi connectivity index (χ0) is 24.6. The maximum absolute atomic E-state index is 12.8. The van der Waals surface area contributed by atoms with E-state index in [0.717, 1.165) is 11.3 Å². The minimum Gasteiger partial charge on any atom is -0.497 e. The van der Waals surface area contributed by atoms with Gasteiger partial charge in [0.1, 0.15) is 21.8 Å². The zero-order valence-corrected chi connectivity index (χ0v) is 19.9. The summed E-state index contributed by atoms with van der Waals surface area (Å²) in [5.74, 6) is 2.19. The molecule has 0 aliphatic rings. The van der Waals surface area contributed by atoms with Gasteiger partial charge in [0, 0.05) is 11.6 Å². The third-order valence-electron chi connectivity index (χ3n) is 5.11. The van der Waals surface area contributed by atoms with Crippen LogP contribution < -0.4 is 20.0 Å². The molecule has 2 N–H and O–H groups in total. The second-order valence-electron chi connectivity index (χ2n) is 7.46. The Kier molecular flexibility index (Phi) is 5.81. The number of ether oxygens (including phenoxy) is 1. The number of hydrogen-bond acceptors (Lipinski definition) is 8. The molecule has 0 aliphatic carbocycles. The van der Waals surface area contributed by atoms with Gasteiger partial charge in [0.25, 0.3) is 5.56 Å². The second-order valence-corrected chi connectivity index (χ2v) is 10.0. The molecule has 3 heterocycles. The van der Waals surface area contributed by atoms with E-state index in [2.05, 4.69) is 10.1 Å². The standard InChI is InChI=1S/C24H18N4O5S2/c1-32-17-7-2-15(3-8-17)4-13-22-26-24-28(27-22)23(29)21(34-24)14-18-9-12-20(33-18)16-5-10-19(11-6-16)35(25,30)31/h2-14H,1H3,(H2,25,30,31). The lowest BCUT2D eigenvalue weighted by atomic mass is 10.2. The fourth-order valence-electron chi connectivity index (χ4n) is 3.33. The van der Waals surface area contributed by atoms with E-state index in [-0.39, 0.29) is 10.5 Å². The van der Waals surface area contributed by atoms with E-state index in [0.29, 0.717) is 32.4 Å². The number of furan rings is 1. The van der Waals surface area contributed by atoms with Gasteiger partial charge in [-0.15, -0.1) is 5.10 Å². The smallest absolute Gasteiger partial charge is 0.291 e. The van der Waals surface area contributed by atoms with Gasteiger partial charge in [-0.25, -0.2) is 13.6 Å². The quantitative estimate of drug-likeness (QED) is 0.375. The van der Waals surface area contributed by atoms with Crippen molar-refractivity contribution in [1.29, 1.82) is 0 Å². The van der Waals surface area contributed by atoms with Gasteiger partial charge in [-0.2, -0.15) is 9.50 Å². The fraction of sp³-hybridized carbons (Fsp3) is 0.0417. The minimum atomic E-state index is -3.77. The molecular weight excluding hydrogens is 488 g/mol. The van der Waals surface area contributed by atoms with Crippen molar-refractivity contribution in [3.8, 4) is 17.1 Å². The maximum Gasteiger partial charge on any atom is 0.291 e. The molecule has 11 heteroatoms. The van der Waals surface area contributed by atoms with Crippen molar-refractivity contribution < 1.29 is 17.6 Å². The Morgan fingerprint density at radius 1 is 1.03 bits per heavy atom. The maximum atomic E-state index is 12.8. The molecular formula is C24H18N4O5S2. The average molecular weight is 507 g/mol. The molecule has 0 atom stereocenters. The first kappa shape index (κ1) is 22.7. The van der Waals surface area contributed by atoms with Crippen LogP contribution in [-0.4, -0.2) is 30.1 Å². The number of rotatable bonds is 6. The van der Waals surface area contributed by atoms with Crippen molar-refractivity contribution in [2.45, 2.75) is 4.90 Å². The number of hydrogen-bond donors (Lipinski definition) is 1. The highest BCUT2D eigenvalue weighted by Crippen LogP contribution is 2.24. The van der Waals surface area contributed by atoms with Gasteiger partial charge in [0.15, 0.2) is 5.82 Å². The molecule has 5 aromatic rings. The van der Waals surface area contributed by atoms with Crippen LogP contribution in [0, 0.1) is 0 Å². The van der Waals surface area contributed by atoms with Crippen molar-refractivity contribution >= 4 is 44.5 Å². The Balaban J connectivity index is 1.38. The van der Waals surface area contributed by atoms with Gasteiger partial charge >= 0.3 is 0 Å². The van der Waals surface area contributed by atoms with Crippen LogP contribution in [-0.2, 0) is 10.0 Å². The molecule has 5 rings (SSSR count). The molecule has 176 valence electrons. The molecule has 0 aliphatic heterocycles. The zero-order valence-electron chi connectivity index (χ0n) is 18.3. The van der Waals surface area contributed by atoms with Crippen molar-refractivity contribution in [2.24, 2.45) is 5.14 Å². The lowest BCUT2D eigenvalue weighted by Crippen LogP contribution is -2.23. The van der Waals surface area contributed by atoms with Gasteiger partial charge in [-0.1, -0.05) is 29.5 Å². The molecule has 3 aromatic heterocycles. The van der Waals surface area contributed by atoms with Crippen LogP contribution in [0.2, 0.25) is 0 Å². The summed E-state index contributed by atoms with van der Waals surface area (Å²) in [6.45, 7) is 0. The number of sulfonamides is 1. The van der Waals surface area contributed by atoms with E-state index in [1.54, 1.807) is 43.5 Å². The summed E-state index contributed by atoms with van der Waals surface area (Å²) < 4.78 is 35.5. The van der Waals surface area contributed by atoms with Crippen LogP contribution in [0.5, 0.6) is 5.75 Å². The Morgan fingerprint density at radius 3 is 2.43 bits per heavy atom. The first-order valence-electron chi connectivity index (χ1n) is 10.3. The second kappa shape index (κ2) is 8.95. The summed E-state index contributed by atoms with van der Waals surface area (Å²) in [5, 5.41) is 9.42. The van der Waals surface area contributed by atoms with Gasteiger partial charge in [0.2, 0.25) is 15.0 Å². The highest BCUT2D eigenvalue weighted by atomic mass is 32.2. The van der Waals surface area contributed by atoms with Crippen molar-refractivity contribution in [3.05, 3.63) is 92.7 Å².